The van der Waals surface area contributed by atoms with Gasteiger partial charge in [-0.3, -0.25) is 4.68 Å². The second kappa shape index (κ2) is 7.67. The van der Waals surface area contributed by atoms with Crippen molar-refractivity contribution in [2.45, 2.75) is 33.9 Å². The van der Waals surface area contributed by atoms with Crippen LogP contribution in [-0.4, -0.2) is 27.5 Å². The van der Waals surface area contributed by atoms with Gasteiger partial charge in [0.1, 0.15) is 5.75 Å². The van der Waals surface area contributed by atoms with E-state index < -0.39 is 5.97 Å². The Morgan fingerprint density at radius 1 is 1.39 bits per heavy atom. The summed E-state index contributed by atoms with van der Waals surface area (Å²) in [5, 5.41) is 16.4. The summed E-state index contributed by atoms with van der Waals surface area (Å²) in [5.41, 5.74) is 1.53. The van der Waals surface area contributed by atoms with E-state index in [0.29, 0.717) is 31.3 Å². The molecule has 2 aromatic rings. The maximum atomic E-state index is 11.3. The average molecular weight is 317 g/mol. The first-order valence-electron chi connectivity index (χ1n) is 7.76. The minimum absolute atomic E-state index is 0.0347. The largest absolute Gasteiger partial charge is 0.493 e. The Balaban J connectivity index is 2.12. The molecule has 0 aliphatic rings. The van der Waals surface area contributed by atoms with E-state index in [0.717, 1.165) is 11.3 Å². The highest BCUT2D eigenvalue weighted by molar-refractivity contribution is 5.91. The number of carboxylic acid groups (broad SMARTS) is 1. The minimum atomic E-state index is -1.04. The summed E-state index contributed by atoms with van der Waals surface area (Å²) in [7, 11) is 0. The third kappa shape index (κ3) is 4.48. The van der Waals surface area contributed by atoms with E-state index in [1.54, 1.807) is 10.9 Å². The average Bonchev–Trinajstić information content (AvgIpc) is 2.95. The van der Waals surface area contributed by atoms with Crippen molar-refractivity contribution in [3.05, 3.63) is 41.7 Å². The van der Waals surface area contributed by atoms with Gasteiger partial charge in [0.15, 0.2) is 5.69 Å². The molecule has 0 amide bonds. The molecular weight excluding hydrogens is 294 g/mol. The number of hydrogen-bond donors (Lipinski definition) is 2. The Morgan fingerprint density at radius 3 is 2.78 bits per heavy atom. The number of benzene rings is 1. The molecule has 0 aliphatic heterocycles. The summed E-state index contributed by atoms with van der Waals surface area (Å²) < 4.78 is 7.42. The molecule has 0 aliphatic carbocycles. The summed E-state index contributed by atoms with van der Waals surface area (Å²) >= 11 is 0. The SMILES string of the molecule is CCn1cc(NCc2ccccc2OCC(C)C)c(C(=O)O)n1. The number of para-hydroxylation sites is 1. The molecule has 0 saturated carbocycles. The number of carboxylic acids is 1. The Hall–Kier alpha value is -2.50. The van der Waals surface area contributed by atoms with Gasteiger partial charge in [-0.1, -0.05) is 32.0 Å². The lowest BCUT2D eigenvalue weighted by Crippen LogP contribution is -2.09. The number of nitrogens with one attached hydrogen (secondary N) is 1. The van der Waals surface area contributed by atoms with Crippen molar-refractivity contribution >= 4 is 11.7 Å². The van der Waals surface area contributed by atoms with E-state index >= 15 is 0 Å². The first-order chi connectivity index (χ1) is 11.0. The Bertz CT molecular complexity index is 665. The van der Waals surface area contributed by atoms with Crippen LogP contribution in [0.15, 0.2) is 30.5 Å². The molecule has 0 unspecified atom stereocenters. The van der Waals surface area contributed by atoms with Gasteiger partial charge >= 0.3 is 5.97 Å². The molecule has 0 radical (unpaired) electrons. The van der Waals surface area contributed by atoms with E-state index in [1.165, 1.54) is 0 Å². The van der Waals surface area contributed by atoms with Crippen molar-refractivity contribution in [1.29, 1.82) is 0 Å². The molecule has 0 fully saturated rings. The summed E-state index contributed by atoms with van der Waals surface area (Å²) in [5.74, 6) is 0.218. The zero-order chi connectivity index (χ0) is 16.8. The highest BCUT2D eigenvalue weighted by Crippen LogP contribution is 2.21. The summed E-state index contributed by atoms with van der Waals surface area (Å²) in [6.07, 6.45) is 1.71. The first-order valence-corrected chi connectivity index (χ1v) is 7.76. The number of anilines is 1. The number of rotatable bonds is 8. The highest BCUT2D eigenvalue weighted by atomic mass is 16.5. The molecule has 0 atom stereocenters. The molecule has 0 spiro atoms. The van der Waals surface area contributed by atoms with Gasteiger partial charge in [0.25, 0.3) is 0 Å². The van der Waals surface area contributed by atoms with Crippen molar-refractivity contribution in [1.82, 2.24) is 9.78 Å². The van der Waals surface area contributed by atoms with Crippen molar-refractivity contribution in [3.63, 3.8) is 0 Å². The zero-order valence-electron chi connectivity index (χ0n) is 13.7. The zero-order valence-corrected chi connectivity index (χ0v) is 13.7. The predicted molar refractivity (Wildman–Crippen MR) is 89.0 cm³/mol. The third-order valence-corrected chi connectivity index (χ3v) is 3.30. The Kier molecular flexibility index (Phi) is 5.62. The molecule has 6 nitrogen and oxygen atoms in total. The fraction of sp³-hybridized carbons (Fsp3) is 0.412. The number of ether oxygens (including phenoxy) is 1. The van der Waals surface area contributed by atoms with Crippen LogP contribution in [0.25, 0.3) is 0 Å². The van der Waals surface area contributed by atoms with Gasteiger partial charge < -0.3 is 15.2 Å². The van der Waals surface area contributed by atoms with E-state index in [1.807, 2.05) is 31.2 Å². The van der Waals surface area contributed by atoms with Crippen LogP contribution in [0.3, 0.4) is 0 Å². The Morgan fingerprint density at radius 2 is 2.13 bits per heavy atom. The number of aromatic carboxylic acids is 1. The van der Waals surface area contributed by atoms with Gasteiger partial charge in [0, 0.05) is 24.8 Å². The fourth-order valence-corrected chi connectivity index (χ4v) is 2.11. The van der Waals surface area contributed by atoms with E-state index in [-0.39, 0.29) is 5.69 Å². The topological polar surface area (TPSA) is 76.4 Å². The van der Waals surface area contributed by atoms with Gasteiger partial charge in [-0.05, 0) is 18.9 Å². The molecule has 1 aromatic carbocycles. The van der Waals surface area contributed by atoms with Crippen LogP contribution in [-0.2, 0) is 13.1 Å². The van der Waals surface area contributed by atoms with Crippen molar-refractivity contribution in [3.8, 4) is 5.75 Å². The highest BCUT2D eigenvalue weighted by Gasteiger charge is 2.15. The van der Waals surface area contributed by atoms with E-state index in [4.69, 9.17) is 4.74 Å². The van der Waals surface area contributed by atoms with Crippen LogP contribution in [0.4, 0.5) is 5.69 Å². The van der Waals surface area contributed by atoms with Crippen molar-refractivity contribution in [2.24, 2.45) is 5.92 Å². The van der Waals surface area contributed by atoms with Gasteiger partial charge in [-0.15, -0.1) is 0 Å². The van der Waals surface area contributed by atoms with Gasteiger partial charge in [-0.2, -0.15) is 5.10 Å². The second-order valence-corrected chi connectivity index (χ2v) is 5.72. The monoisotopic (exact) mass is 317 g/mol. The first kappa shape index (κ1) is 16.9. The molecule has 0 bridgehead atoms. The molecule has 6 heteroatoms. The standard InChI is InChI=1S/C17H23N3O3/c1-4-20-10-14(16(19-20)17(21)22)18-9-13-7-5-6-8-15(13)23-11-12(2)3/h5-8,10,12,18H,4,9,11H2,1-3H3,(H,21,22). The molecule has 124 valence electrons. The maximum absolute atomic E-state index is 11.3. The summed E-state index contributed by atoms with van der Waals surface area (Å²) in [6, 6.07) is 7.75. The smallest absolute Gasteiger partial charge is 0.358 e. The molecule has 23 heavy (non-hydrogen) atoms. The van der Waals surface area contributed by atoms with E-state index in [2.05, 4.69) is 24.3 Å². The van der Waals surface area contributed by atoms with Crippen LogP contribution in [0.5, 0.6) is 5.75 Å². The third-order valence-electron chi connectivity index (χ3n) is 3.30. The van der Waals surface area contributed by atoms with Gasteiger partial charge in [-0.25, -0.2) is 4.79 Å². The number of aryl methyl sites for hydroxylation is 1. The van der Waals surface area contributed by atoms with E-state index in [9.17, 15) is 9.90 Å². The molecule has 0 saturated heterocycles. The van der Waals surface area contributed by atoms with Crippen molar-refractivity contribution in [2.75, 3.05) is 11.9 Å². The fourth-order valence-electron chi connectivity index (χ4n) is 2.11. The van der Waals surface area contributed by atoms with Gasteiger partial charge in [0.2, 0.25) is 0 Å². The van der Waals surface area contributed by atoms with Crippen LogP contribution in [0.1, 0.15) is 36.8 Å². The summed E-state index contributed by atoms with van der Waals surface area (Å²) in [6.45, 7) is 7.85. The van der Waals surface area contributed by atoms with Crippen LogP contribution in [0.2, 0.25) is 0 Å². The number of hydrogen-bond acceptors (Lipinski definition) is 4. The molecule has 1 heterocycles. The van der Waals surface area contributed by atoms with Crippen LogP contribution >= 0.6 is 0 Å². The predicted octanol–water partition coefficient (Wildman–Crippen LogP) is 3.25. The number of carbonyl (C=O) groups is 1. The quantitative estimate of drug-likeness (QED) is 0.781. The van der Waals surface area contributed by atoms with Crippen LogP contribution < -0.4 is 10.1 Å². The lowest BCUT2D eigenvalue weighted by Gasteiger charge is -2.13. The van der Waals surface area contributed by atoms with Crippen molar-refractivity contribution < 1.29 is 14.6 Å². The summed E-state index contributed by atoms with van der Waals surface area (Å²) in [4.78, 5) is 11.3. The minimum Gasteiger partial charge on any atom is -0.493 e. The maximum Gasteiger partial charge on any atom is 0.358 e. The molecule has 2 N–H and O–H groups in total. The van der Waals surface area contributed by atoms with Crippen LogP contribution in [0, 0.1) is 5.92 Å². The van der Waals surface area contributed by atoms with Gasteiger partial charge in [0.05, 0.1) is 12.3 Å². The Labute approximate surface area is 136 Å². The number of aromatic nitrogens is 2. The molecular formula is C17H23N3O3. The molecule has 1 aromatic heterocycles. The second-order valence-electron chi connectivity index (χ2n) is 5.72. The number of nitrogens with zero attached hydrogens (tertiary/aromatic N) is 2. The lowest BCUT2D eigenvalue weighted by atomic mass is 10.2. The lowest BCUT2D eigenvalue weighted by molar-refractivity contribution is 0.0690. The normalized spacial score (nSPS) is 10.8. The molecule has 2 rings (SSSR count).